The van der Waals surface area contributed by atoms with E-state index in [0.29, 0.717) is 11.5 Å². The lowest BCUT2D eigenvalue weighted by molar-refractivity contribution is -0.126. The van der Waals surface area contributed by atoms with Crippen LogP contribution in [0.5, 0.6) is 0 Å². The van der Waals surface area contributed by atoms with Crippen molar-refractivity contribution in [1.29, 1.82) is 0 Å². The number of piperidine rings is 1. The van der Waals surface area contributed by atoms with Crippen LogP contribution in [0, 0.1) is 5.92 Å². The molecule has 1 heterocycles. The third-order valence-corrected chi connectivity index (χ3v) is 6.59. The number of amides is 1. The van der Waals surface area contributed by atoms with Gasteiger partial charge in [-0.05, 0) is 30.9 Å². The summed E-state index contributed by atoms with van der Waals surface area (Å²) in [5.41, 5.74) is 0.696. The summed E-state index contributed by atoms with van der Waals surface area (Å²) in [5.74, 6) is 0.457. The maximum Gasteiger partial charge on any atom is 0.237 e. The molecule has 1 aromatic rings. The highest BCUT2D eigenvalue weighted by atomic mass is 16.3. The first kappa shape index (κ1) is 25.8. The van der Waals surface area contributed by atoms with Crippen LogP contribution < -0.4 is 10.6 Å². The first-order valence-corrected chi connectivity index (χ1v) is 12.5. The Morgan fingerprint density at radius 2 is 1.71 bits per heavy atom. The Morgan fingerprint density at radius 1 is 1.06 bits per heavy atom. The van der Waals surface area contributed by atoms with Crippen LogP contribution in [-0.2, 0) is 4.79 Å². The fourth-order valence-corrected chi connectivity index (χ4v) is 4.59. The number of nitrogens with one attached hydrogen (secondary N) is 2. The highest BCUT2D eigenvalue weighted by molar-refractivity contribution is 5.82. The van der Waals surface area contributed by atoms with Crippen LogP contribution in [0.4, 0.5) is 0 Å². The minimum atomic E-state index is -0.920. The molecule has 0 saturated carbocycles. The zero-order valence-electron chi connectivity index (χ0n) is 19.4. The molecule has 0 aliphatic carbocycles. The van der Waals surface area contributed by atoms with E-state index in [0.717, 1.165) is 19.4 Å². The van der Waals surface area contributed by atoms with Gasteiger partial charge in [-0.15, -0.1) is 0 Å². The van der Waals surface area contributed by atoms with Crippen molar-refractivity contribution in [3.63, 3.8) is 0 Å². The van der Waals surface area contributed by atoms with Gasteiger partial charge in [0.1, 0.15) is 6.10 Å². The SMILES string of the molecule is CCCCCCCCCCC[C@H]1CCN[C@@H](C(=O)N[C@@H](CO)[C@@H](O)c2ccccc2)C1. The molecule has 0 radical (unpaired) electrons. The fourth-order valence-electron chi connectivity index (χ4n) is 4.59. The summed E-state index contributed by atoms with van der Waals surface area (Å²) in [6.07, 6.45) is 14.3. The molecule has 4 N–H and O–H groups in total. The highest BCUT2D eigenvalue weighted by Gasteiger charge is 2.30. The number of hydrogen-bond donors (Lipinski definition) is 4. The molecular weight excluding hydrogens is 388 g/mol. The van der Waals surface area contributed by atoms with Gasteiger partial charge in [0, 0.05) is 0 Å². The van der Waals surface area contributed by atoms with E-state index in [-0.39, 0.29) is 18.6 Å². The second kappa shape index (κ2) is 15.4. The molecule has 0 unspecified atom stereocenters. The van der Waals surface area contributed by atoms with Crippen molar-refractivity contribution in [3.05, 3.63) is 35.9 Å². The molecule has 1 aromatic carbocycles. The van der Waals surface area contributed by atoms with Crippen LogP contribution in [0.3, 0.4) is 0 Å². The minimum Gasteiger partial charge on any atom is -0.394 e. The van der Waals surface area contributed by atoms with E-state index in [4.69, 9.17) is 0 Å². The number of aliphatic hydroxyl groups excluding tert-OH is 2. The molecule has 1 aliphatic heterocycles. The van der Waals surface area contributed by atoms with Gasteiger partial charge >= 0.3 is 0 Å². The second-order valence-electron chi connectivity index (χ2n) is 9.17. The Labute approximate surface area is 189 Å². The number of rotatable bonds is 15. The summed E-state index contributed by atoms with van der Waals surface area (Å²) in [7, 11) is 0. The lowest BCUT2D eigenvalue weighted by Gasteiger charge is -2.31. The molecule has 2 rings (SSSR count). The van der Waals surface area contributed by atoms with Crippen molar-refractivity contribution in [2.75, 3.05) is 13.2 Å². The van der Waals surface area contributed by atoms with E-state index in [1.807, 2.05) is 18.2 Å². The number of hydrogen-bond acceptors (Lipinski definition) is 4. The maximum absolute atomic E-state index is 12.8. The Morgan fingerprint density at radius 3 is 2.35 bits per heavy atom. The van der Waals surface area contributed by atoms with Gasteiger partial charge in [-0.3, -0.25) is 4.79 Å². The summed E-state index contributed by atoms with van der Waals surface area (Å²) < 4.78 is 0. The summed E-state index contributed by atoms with van der Waals surface area (Å²) in [6.45, 7) is 2.82. The normalized spacial score (nSPS) is 20.9. The largest absolute Gasteiger partial charge is 0.394 e. The number of carbonyl (C=O) groups excluding carboxylic acids is 1. The fraction of sp³-hybridized carbons (Fsp3) is 0.731. The van der Waals surface area contributed by atoms with Crippen LogP contribution in [0.25, 0.3) is 0 Å². The second-order valence-corrected chi connectivity index (χ2v) is 9.17. The third kappa shape index (κ3) is 9.71. The van der Waals surface area contributed by atoms with E-state index in [1.54, 1.807) is 12.1 Å². The third-order valence-electron chi connectivity index (χ3n) is 6.59. The van der Waals surface area contributed by atoms with E-state index >= 15 is 0 Å². The molecule has 4 atom stereocenters. The Bertz CT molecular complexity index is 596. The van der Waals surface area contributed by atoms with Gasteiger partial charge in [0.2, 0.25) is 5.91 Å². The standard InChI is InChI=1S/C26H44N2O3/c1-2-3-4-5-6-7-8-9-11-14-21-17-18-27-23(19-21)26(31)28-24(20-29)25(30)22-15-12-10-13-16-22/h10,12-13,15-16,21,23-25,27,29-30H,2-9,11,14,17-20H2,1H3,(H,28,31)/t21-,23+,24-,25-/m0/s1. The van der Waals surface area contributed by atoms with Gasteiger partial charge in [0.05, 0.1) is 18.7 Å². The molecule has 5 nitrogen and oxygen atoms in total. The first-order chi connectivity index (χ1) is 15.2. The van der Waals surface area contributed by atoms with Crippen LogP contribution in [0.15, 0.2) is 30.3 Å². The molecule has 31 heavy (non-hydrogen) atoms. The predicted molar refractivity (Wildman–Crippen MR) is 127 cm³/mol. The minimum absolute atomic E-state index is 0.120. The van der Waals surface area contributed by atoms with E-state index < -0.39 is 12.1 Å². The summed E-state index contributed by atoms with van der Waals surface area (Å²) in [5, 5.41) is 26.4. The average Bonchev–Trinajstić information content (AvgIpc) is 2.81. The molecule has 1 saturated heterocycles. The van der Waals surface area contributed by atoms with Gasteiger partial charge in [-0.2, -0.15) is 0 Å². The smallest absolute Gasteiger partial charge is 0.237 e. The Hall–Kier alpha value is -1.43. The summed E-state index contributed by atoms with van der Waals surface area (Å²) >= 11 is 0. The van der Waals surface area contributed by atoms with Crippen LogP contribution in [-0.4, -0.2) is 41.4 Å². The number of aliphatic hydroxyl groups is 2. The molecule has 1 fully saturated rings. The van der Waals surface area contributed by atoms with Crippen molar-refractivity contribution >= 4 is 5.91 Å². The van der Waals surface area contributed by atoms with Crippen LogP contribution in [0.2, 0.25) is 0 Å². The van der Waals surface area contributed by atoms with Gasteiger partial charge in [0.25, 0.3) is 0 Å². The van der Waals surface area contributed by atoms with Gasteiger partial charge in [0.15, 0.2) is 0 Å². The monoisotopic (exact) mass is 432 g/mol. The predicted octanol–water partition coefficient (Wildman–Crippen LogP) is 4.49. The number of carbonyl (C=O) groups is 1. The highest BCUT2D eigenvalue weighted by Crippen LogP contribution is 2.24. The zero-order valence-corrected chi connectivity index (χ0v) is 19.4. The average molecular weight is 433 g/mol. The van der Waals surface area contributed by atoms with Gasteiger partial charge < -0.3 is 20.8 Å². The van der Waals surface area contributed by atoms with Crippen molar-refractivity contribution < 1.29 is 15.0 Å². The Balaban J connectivity index is 1.66. The summed E-state index contributed by atoms with van der Waals surface area (Å²) in [6, 6.07) is 8.23. The lowest BCUT2D eigenvalue weighted by Crippen LogP contribution is -2.53. The van der Waals surface area contributed by atoms with Crippen molar-refractivity contribution in [2.45, 2.75) is 102 Å². The number of benzene rings is 1. The lowest BCUT2D eigenvalue weighted by atomic mass is 9.87. The molecule has 1 aliphatic rings. The first-order valence-electron chi connectivity index (χ1n) is 12.5. The molecule has 1 amide bonds. The van der Waals surface area contributed by atoms with Crippen molar-refractivity contribution in [1.82, 2.24) is 10.6 Å². The number of unbranched alkanes of at least 4 members (excludes halogenated alkanes) is 8. The molecule has 0 spiro atoms. The molecule has 0 aromatic heterocycles. The van der Waals surface area contributed by atoms with Crippen LogP contribution >= 0.6 is 0 Å². The molecule has 0 bridgehead atoms. The maximum atomic E-state index is 12.8. The van der Waals surface area contributed by atoms with Crippen molar-refractivity contribution in [2.24, 2.45) is 5.92 Å². The zero-order chi connectivity index (χ0) is 22.3. The van der Waals surface area contributed by atoms with E-state index in [9.17, 15) is 15.0 Å². The topological polar surface area (TPSA) is 81.6 Å². The molecule has 176 valence electrons. The Kier molecular flexibility index (Phi) is 12.8. The van der Waals surface area contributed by atoms with Gasteiger partial charge in [-0.1, -0.05) is 101 Å². The quantitative estimate of drug-likeness (QED) is 0.308. The summed E-state index contributed by atoms with van der Waals surface area (Å²) in [4.78, 5) is 12.8. The van der Waals surface area contributed by atoms with Crippen LogP contribution in [0.1, 0.15) is 95.6 Å². The van der Waals surface area contributed by atoms with E-state index in [2.05, 4.69) is 17.6 Å². The molecular formula is C26H44N2O3. The van der Waals surface area contributed by atoms with E-state index in [1.165, 1.54) is 64.2 Å². The van der Waals surface area contributed by atoms with Crippen molar-refractivity contribution in [3.8, 4) is 0 Å². The molecule has 5 heteroatoms. The van der Waals surface area contributed by atoms with Gasteiger partial charge in [-0.25, -0.2) is 0 Å².